The molecular formula is C19H23NO5. The zero-order valence-electron chi connectivity index (χ0n) is 14.5. The first-order valence-electron chi connectivity index (χ1n) is 8.38. The lowest BCUT2D eigenvalue weighted by Crippen LogP contribution is -2.42. The van der Waals surface area contributed by atoms with Gasteiger partial charge in [-0.25, -0.2) is 4.79 Å². The molecule has 1 aromatic carbocycles. The number of esters is 1. The molecule has 25 heavy (non-hydrogen) atoms. The number of allylic oxidation sites excluding steroid dienone is 1. The fourth-order valence-electron chi connectivity index (χ4n) is 3.01. The largest absolute Gasteiger partial charge is 0.481 e. The van der Waals surface area contributed by atoms with Crippen LogP contribution in [0.1, 0.15) is 32.3 Å². The van der Waals surface area contributed by atoms with Gasteiger partial charge in [-0.2, -0.15) is 0 Å². The zero-order valence-corrected chi connectivity index (χ0v) is 14.5. The number of hydrogen-bond donors (Lipinski definition) is 1. The van der Waals surface area contributed by atoms with Crippen molar-refractivity contribution in [2.24, 2.45) is 5.92 Å². The second-order valence-corrected chi connectivity index (χ2v) is 6.01. The van der Waals surface area contributed by atoms with E-state index in [1.165, 1.54) is 4.90 Å². The Bertz CT molecular complexity index is 680. The fraction of sp³-hybridized carbons (Fsp3) is 0.421. The van der Waals surface area contributed by atoms with Gasteiger partial charge in [0.25, 0.3) is 0 Å². The number of carboxylic acid groups (broad SMARTS) is 1. The minimum Gasteiger partial charge on any atom is -0.481 e. The number of carbonyl (C=O) groups excluding carboxylic acids is 2. The second kappa shape index (κ2) is 8.46. The number of carboxylic acids is 1. The number of carbonyl (C=O) groups is 3. The molecule has 0 saturated heterocycles. The standard InChI is InChI=1S/C19H23NO5/c1-3-25-19(24)16-11-15(12-17(21)22)18(23)20(13(16)2)10-9-14-7-5-4-6-8-14/h4-8,15H,3,9-12H2,1-2H3,(H,21,22). The molecule has 1 unspecified atom stereocenters. The van der Waals surface area contributed by atoms with Crippen LogP contribution in [0.3, 0.4) is 0 Å². The van der Waals surface area contributed by atoms with Crippen molar-refractivity contribution in [3.63, 3.8) is 0 Å². The summed E-state index contributed by atoms with van der Waals surface area (Å²) in [5, 5.41) is 9.07. The van der Waals surface area contributed by atoms with Gasteiger partial charge >= 0.3 is 11.9 Å². The first-order valence-corrected chi connectivity index (χ1v) is 8.38. The first kappa shape index (κ1) is 18.7. The highest BCUT2D eigenvalue weighted by atomic mass is 16.5. The van der Waals surface area contributed by atoms with Crippen LogP contribution in [-0.4, -0.2) is 41.0 Å². The average molecular weight is 345 g/mol. The van der Waals surface area contributed by atoms with E-state index < -0.39 is 17.9 Å². The third-order valence-electron chi connectivity index (χ3n) is 4.32. The summed E-state index contributed by atoms with van der Waals surface area (Å²) >= 11 is 0. The van der Waals surface area contributed by atoms with Crippen LogP contribution in [0, 0.1) is 5.92 Å². The number of benzene rings is 1. The predicted octanol–water partition coefficient (Wildman–Crippen LogP) is 2.39. The summed E-state index contributed by atoms with van der Waals surface area (Å²) in [4.78, 5) is 37.5. The van der Waals surface area contributed by atoms with E-state index in [9.17, 15) is 14.4 Å². The van der Waals surface area contributed by atoms with E-state index in [1.54, 1.807) is 13.8 Å². The lowest BCUT2D eigenvalue weighted by atomic mass is 9.89. The molecule has 1 heterocycles. The zero-order chi connectivity index (χ0) is 18.4. The van der Waals surface area contributed by atoms with Crippen LogP contribution < -0.4 is 0 Å². The van der Waals surface area contributed by atoms with E-state index in [2.05, 4.69) is 0 Å². The highest BCUT2D eigenvalue weighted by molar-refractivity contribution is 5.95. The van der Waals surface area contributed by atoms with Crippen LogP contribution in [0.4, 0.5) is 0 Å². The minimum atomic E-state index is -1.05. The molecule has 6 nitrogen and oxygen atoms in total. The van der Waals surface area contributed by atoms with E-state index in [-0.39, 0.29) is 25.4 Å². The van der Waals surface area contributed by atoms with Gasteiger partial charge in [0, 0.05) is 12.2 Å². The van der Waals surface area contributed by atoms with Crippen LogP contribution in [0.15, 0.2) is 41.6 Å². The van der Waals surface area contributed by atoms with Crippen molar-refractivity contribution >= 4 is 17.8 Å². The van der Waals surface area contributed by atoms with Crippen molar-refractivity contribution in [2.45, 2.75) is 33.1 Å². The molecular weight excluding hydrogens is 322 g/mol. The minimum absolute atomic E-state index is 0.109. The summed E-state index contributed by atoms with van der Waals surface area (Å²) in [6.07, 6.45) is 0.439. The van der Waals surface area contributed by atoms with E-state index in [0.717, 1.165) is 5.56 Å². The normalized spacial score (nSPS) is 17.6. The average Bonchev–Trinajstić information content (AvgIpc) is 2.58. The molecule has 1 N–H and O–H groups in total. The molecule has 0 bridgehead atoms. The molecule has 134 valence electrons. The molecule has 1 amide bonds. The fourth-order valence-corrected chi connectivity index (χ4v) is 3.01. The predicted molar refractivity (Wildman–Crippen MR) is 91.6 cm³/mol. The molecule has 1 aliphatic rings. The summed E-state index contributed by atoms with van der Waals surface area (Å²) in [6, 6.07) is 9.70. The summed E-state index contributed by atoms with van der Waals surface area (Å²) in [5.41, 5.74) is 2.02. The van der Waals surface area contributed by atoms with Crippen molar-refractivity contribution in [1.82, 2.24) is 4.90 Å². The number of hydrogen-bond acceptors (Lipinski definition) is 4. The van der Waals surface area contributed by atoms with E-state index >= 15 is 0 Å². The quantitative estimate of drug-likeness (QED) is 0.767. The Morgan fingerprint density at radius 1 is 1.28 bits per heavy atom. The Morgan fingerprint density at radius 3 is 2.56 bits per heavy atom. The number of aliphatic carboxylic acids is 1. The van der Waals surface area contributed by atoms with Gasteiger partial charge in [-0.15, -0.1) is 0 Å². The van der Waals surface area contributed by atoms with Crippen molar-refractivity contribution in [1.29, 1.82) is 0 Å². The van der Waals surface area contributed by atoms with Crippen LogP contribution in [0.2, 0.25) is 0 Å². The number of ether oxygens (including phenoxy) is 1. The molecule has 0 radical (unpaired) electrons. The lowest BCUT2D eigenvalue weighted by Gasteiger charge is -2.34. The van der Waals surface area contributed by atoms with Crippen LogP contribution in [0.5, 0.6) is 0 Å². The van der Waals surface area contributed by atoms with Crippen molar-refractivity contribution in [2.75, 3.05) is 13.2 Å². The van der Waals surface area contributed by atoms with Gasteiger partial charge in [0.05, 0.1) is 24.5 Å². The highest BCUT2D eigenvalue weighted by Gasteiger charge is 2.36. The third kappa shape index (κ3) is 4.68. The maximum Gasteiger partial charge on any atom is 0.335 e. The molecule has 0 fully saturated rings. The van der Waals surface area contributed by atoms with Gasteiger partial charge < -0.3 is 14.7 Å². The van der Waals surface area contributed by atoms with Gasteiger partial charge in [0.15, 0.2) is 0 Å². The topological polar surface area (TPSA) is 83.9 Å². The molecule has 2 rings (SSSR count). The SMILES string of the molecule is CCOC(=O)C1=C(C)N(CCc2ccccc2)C(=O)C(CC(=O)O)C1. The Hall–Kier alpha value is -2.63. The van der Waals surface area contributed by atoms with E-state index in [1.807, 2.05) is 30.3 Å². The maximum absolute atomic E-state index is 12.7. The van der Waals surface area contributed by atoms with E-state index in [4.69, 9.17) is 9.84 Å². The molecule has 6 heteroatoms. The first-order chi connectivity index (χ1) is 11.9. The molecule has 0 saturated carbocycles. The van der Waals surface area contributed by atoms with Crippen LogP contribution in [0.25, 0.3) is 0 Å². The Balaban J connectivity index is 2.25. The second-order valence-electron chi connectivity index (χ2n) is 6.01. The number of amides is 1. The van der Waals surface area contributed by atoms with E-state index in [0.29, 0.717) is 24.2 Å². The molecule has 1 aromatic rings. The molecule has 1 aliphatic heterocycles. The third-order valence-corrected chi connectivity index (χ3v) is 4.32. The van der Waals surface area contributed by atoms with Crippen molar-refractivity contribution in [3.8, 4) is 0 Å². The summed E-state index contributed by atoms with van der Waals surface area (Å²) in [5.74, 6) is -2.52. The highest BCUT2D eigenvalue weighted by Crippen LogP contribution is 2.30. The van der Waals surface area contributed by atoms with Gasteiger partial charge in [-0.05, 0) is 32.3 Å². The summed E-state index contributed by atoms with van der Waals surface area (Å²) in [6.45, 7) is 4.06. The Morgan fingerprint density at radius 2 is 1.96 bits per heavy atom. The molecule has 0 aromatic heterocycles. The van der Waals surface area contributed by atoms with Gasteiger partial charge in [-0.1, -0.05) is 30.3 Å². The number of nitrogens with zero attached hydrogens (tertiary/aromatic N) is 1. The lowest BCUT2D eigenvalue weighted by molar-refractivity contribution is -0.146. The summed E-state index contributed by atoms with van der Waals surface area (Å²) < 4.78 is 5.07. The van der Waals surface area contributed by atoms with Crippen LogP contribution >= 0.6 is 0 Å². The van der Waals surface area contributed by atoms with Crippen molar-refractivity contribution in [3.05, 3.63) is 47.2 Å². The smallest absolute Gasteiger partial charge is 0.335 e. The number of rotatable bonds is 7. The molecule has 0 spiro atoms. The van der Waals surface area contributed by atoms with Crippen LogP contribution in [-0.2, 0) is 25.5 Å². The molecule has 0 aliphatic carbocycles. The Labute approximate surface area is 147 Å². The van der Waals surface area contributed by atoms with Gasteiger partial charge in [0.1, 0.15) is 0 Å². The monoisotopic (exact) mass is 345 g/mol. The molecule has 1 atom stereocenters. The van der Waals surface area contributed by atoms with Gasteiger partial charge in [0.2, 0.25) is 5.91 Å². The van der Waals surface area contributed by atoms with Crippen molar-refractivity contribution < 1.29 is 24.2 Å². The van der Waals surface area contributed by atoms with Gasteiger partial charge in [-0.3, -0.25) is 9.59 Å². The Kier molecular flexibility index (Phi) is 6.33. The summed E-state index contributed by atoms with van der Waals surface area (Å²) in [7, 11) is 0. The maximum atomic E-state index is 12.7.